The summed E-state index contributed by atoms with van der Waals surface area (Å²) in [6.07, 6.45) is 18.1. The van der Waals surface area contributed by atoms with Crippen LogP contribution in [0.4, 0.5) is 56.9 Å². The lowest BCUT2D eigenvalue weighted by atomic mass is 9.90. The number of para-hydroxylation sites is 5. The monoisotopic (exact) mass is 1010 g/mol. The SMILES string of the molecule is C1=CCC(N(C2=CCC(c3ccc(N(c4ccccc4)c4ccccc4)cc3)C=C2)c2ccc3sc4ccc(N(c5ccccc5)c5ccc(-c6ccc(N(c7ccccc7)c7ccccc7)cc6)cc5)cc4c3c2)C=C1. The van der Waals surface area contributed by atoms with Crippen LogP contribution in [0.5, 0.6) is 0 Å². The maximum absolute atomic E-state index is 2.55. The van der Waals surface area contributed by atoms with Gasteiger partial charge in [0, 0.05) is 88.7 Å². The fourth-order valence-electron chi connectivity index (χ4n) is 11.1. The molecule has 1 aromatic heterocycles. The van der Waals surface area contributed by atoms with Gasteiger partial charge >= 0.3 is 0 Å². The Bertz CT molecular complexity index is 3830. The molecule has 13 rings (SSSR count). The predicted molar refractivity (Wildman–Crippen MR) is 329 cm³/mol. The van der Waals surface area contributed by atoms with Crippen molar-refractivity contribution in [2.24, 2.45) is 0 Å². The van der Waals surface area contributed by atoms with Gasteiger partial charge in [0.15, 0.2) is 0 Å². The smallest absolute Gasteiger partial charge is 0.0559 e. The Hall–Kier alpha value is -9.42. The molecule has 2 atom stereocenters. The summed E-state index contributed by atoms with van der Waals surface area (Å²) in [6, 6.07) is 94.4. The lowest BCUT2D eigenvalue weighted by Crippen LogP contribution is -2.33. The second kappa shape index (κ2) is 21.4. The molecule has 2 unspecified atom stereocenters. The Morgan fingerprint density at radius 1 is 0.338 bits per heavy atom. The Balaban J connectivity index is 0.787. The molecule has 77 heavy (non-hydrogen) atoms. The van der Waals surface area contributed by atoms with Crippen LogP contribution < -0.4 is 19.6 Å². The van der Waals surface area contributed by atoms with Crippen molar-refractivity contribution < 1.29 is 0 Å². The molecule has 4 nitrogen and oxygen atoms in total. The van der Waals surface area contributed by atoms with Crippen molar-refractivity contribution in [2.75, 3.05) is 19.6 Å². The maximum atomic E-state index is 2.55. The molecule has 0 saturated carbocycles. The topological polar surface area (TPSA) is 13.0 Å². The van der Waals surface area contributed by atoms with E-state index >= 15 is 0 Å². The summed E-state index contributed by atoms with van der Waals surface area (Å²) in [5, 5.41) is 2.53. The second-order valence-electron chi connectivity index (χ2n) is 19.6. The van der Waals surface area contributed by atoms with Crippen LogP contribution in [0.25, 0.3) is 31.3 Å². The largest absolute Gasteiger partial charge is 0.334 e. The molecular weight excluding hydrogens is 953 g/mol. The van der Waals surface area contributed by atoms with Crippen molar-refractivity contribution in [1.29, 1.82) is 0 Å². The van der Waals surface area contributed by atoms with Crippen molar-refractivity contribution in [1.82, 2.24) is 0 Å². The summed E-state index contributed by atoms with van der Waals surface area (Å²) >= 11 is 1.87. The highest BCUT2D eigenvalue weighted by atomic mass is 32.1. The van der Waals surface area contributed by atoms with E-state index in [1.54, 1.807) is 0 Å². The first-order valence-electron chi connectivity index (χ1n) is 26.6. The molecule has 2 aliphatic rings. The highest BCUT2D eigenvalue weighted by Crippen LogP contribution is 2.44. The van der Waals surface area contributed by atoms with Crippen LogP contribution in [0.1, 0.15) is 24.3 Å². The Kier molecular flexibility index (Phi) is 13.2. The van der Waals surface area contributed by atoms with Crippen molar-refractivity contribution in [3.63, 3.8) is 0 Å². The van der Waals surface area contributed by atoms with E-state index in [9.17, 15) is 0 Å². The van der Waals surface area contributed by atoms with Crippen LogP contribution in [0.15, 0.2) is 309 Å². The molecule has 1 heterocycles. The second-order valence-corrected chi connectivity index (χ2v) is 20.7. The zero-order chi connectivity index (χ0) is 51.3. The molecule has 11 aromatic rings. The zero-order valence-corrected chi connectivity index (χ0v) is 43.5. The lowest BCUT2D eigenvalue weighted by molar-refractivity contribution is 0.745. The summed E-state index contributed by atoms with van der Waals surface area (Å²) in [7, 11) is 0. The Morgan fingerprint density at radius 2 is 0.727 bits per heavy atom. The minimum Gasteiger partial charge on any atom is -0.334 e. The number of rotatable bonds is 14. The number of fused-ring (bicyclic) bond motifs is 3. The third-order valence-electron chi connectivity index (χ3n) is 14.9. The summed E-state index contributed by atoms with van der Waals surface area (Å²) in [5.41, 5.74) is 16.2. The van der Waals surface area contributed by atoms with Gasteiger partial charge in [-0.25, -0.2) is 0 Å². The van der Waals surface area contributed by atoms with Crippen molar-refractivity contribution in [3.8, 4) is 11.1 Å². The predicted octanol–water partition coefficient (Wildman–Crippen LogP) is 20.4. The van der Waals surface area contributed by atoms with E-state index in [-0.39, 0.29) is 12.0 Å². The van der Waals surface area contributed by atoms with Crippen LogP contribution >= 0.6 is 11.3 Å². The molecule has 5 heteroatoms. The summed E-state index contributed by atoms with van der Waals surface area (Å²) in [6.45, 7) is 0. The molecule has 2 aliphatic carbocycles. The molecule has 0 radical (unpaired) electrons. The molecule has 370 valence electrons. The Labute approximate surface area is 456 Å². The zero-order valence-electron chi connectivity index (χ0n) is 42.6. The molecule has 0 N–H and O–H groups in total. The highest BCUT2D eigenvalue weighted by molar-refractivity contribution is 7.25. The van der Waals surface area contributed by atoms with Crippen LogP contribution in [0, 0.1) is 0 Å². The average Bonchev–Trinajstić information content (AvgIpc) is 3.88. The number of allylic oxidation sites excluding steroid dienone is 5. The summed E-state index contributed by atoms with van der Waals surface area (Å²) in [5.74, 6) is 0.284. The molecule has 0 aliphatic heterocycles. The van der Waals surface area contributed by atoms with E-state index in [1.165, 1.54) is 48.2 Å². The van der Waals surface area contributed by atoms with Gasteiger partial charge in [0.2, 0.25) is 0 Å². The van der Waals surface area contributed by atoms with Crippen LogP contribution in [-0.2, 0) is 0 Å². The van der Waals surface area contributed by atoms with Crippen LogP contribution in [0.2, 0.25) is 0 Å². The third-order valence-corrected chi connectivity index (χ3v) is 16.0. The number of hydrogen-bond donors (Lipinski definition) is 0. The van der Waals surface area contributed by atoms with Gasteiger partial charge in [-0.05, 0) is 169 Å². The molecule has 0 spiro atoms. The average molecular weight is 1010 g/mol. The highest BCUT2D eigenvalue weighted by Gasteiger charge is 2.24. The van der Waals surface area contributed by atoms with Gasteiger partial charge in [-0.3, -0.25) is 0 Å². The minimum atomic E-state index is 0.194. The van der Waals surface area contributed by atoms with E-state index < -0.39 is 0 Å². The maximum Gasteiger partial charge on any atom is 0.0559 e. The van der Waals surface area contributed by atoms with Crippen molar-refractivity contribution in [3.05, 3.63) is 315 Å². The molecule has 0 saturated heterocycles. The first-order chi connectivity index (χ1) is 38.2. The van der Waals surface area contributed by atoms with Crippen LogP contribution in [0.3, 0.4) is 0 Å². The number of hydrogen-bond acceptors (Lipinski definition) is 5. The first-order valence-corrected chi connectivity index (χ1v) is 27.4. The molecular formula is C72H56N4S. The molecule has 10 aromatic carbocycles. The molecule has 0 fully saturated rings. The Morgan fingerprint density at radius 3 is 1.14 bits per heavy atom. The van der Waals surface area contributed by atoms with Gasteiger partial charge < -0.3 is 19.6 Å². The van der Waals surface area contributed by atoms with Gasteiger partial charge in [-0.15, -0.1) is 11.3 Å². The summed E-state index contributed by atoms with van der Waals surface area (Å²) < 4.78 is 2.56. The first kappa shape index (κ1) is 47.3. The number of thiophene rings is 1. The molecule has 0 amide bonds. The number of anilines is 10. The fourth-order valence-corrected chi connectivity index (χ4v) is 12.1. The van der Waals surface area contributed by atoms with E-state index in [2.05, 4.69) is 323 Å². The van der Waals surface area contributed by atoms with E-state index in [1.807, 2.05) is 11.3 Å². The van der Waals surface area contributed by atoms with Gasteiger partial charge in [-0.1, -0.05) is 164 Å². The van der Waals surface area contributed by atoms with E-state index in [0.717, 1.165) is 64.0 Å². The van der Waals surface area contributed by atoms with Gasteiger partial charge in [0.25, 0.3) is 0 Å². The third kappa shape index (κ3) is 9.77. The van der Waals surface area contributed by atoms with Gasteiger partial charge in [0.05, 0.1) is 6.04 Å². The lowest BCUT2D eigenvalue weighted by Gasteiger charge is -2.35. The number of benzene rings is 10. The minimum absolute atomic E-state index is 0.194. The van der Waals surface area contributed by atoms with Crippen LogP contribution in [-0.4, -0.2) is 6.04 Å². The number of nitrogens with zero attached hydrogens (tertiary/aromatic N) is 4. The summed E-state index contributed by atoms with van der Waals surface area (Å²) in [4.78, 5) is 9.55. The standard InChI is InChI=1S/C72H56N4S/c1-7-19-57(20-8-1)73(58-21-9-2-10-22-58)63-39-31-53(32-40-63)55-35-43-65(44-36-55)75(61-27-15-5-16-28-61)67-47-49-71-69(51-67)70-52-68(48-50-72(70)77-71)76(62-29-17-6-18-30-62)66-45-37-56(38-46-66)54-33-41-64(42-34-54)74(59-23-11-3-12-24-59)60-25-13-4-14-26-60/h1-29,31-37,39-52,56,62H,30,38H2. The van der Waals surface area contributed by atoms with Gasteiger partial charge in [-0.2, -0.15) is 0 Å². The van der Waals surface area contributed by atoms with Gasteiger partial charge in [0.1, 0.15) is 0 Å². The van der Waals surface area contributed by atoms with E-state index in [4.69, 9.17) is 0 Å². The quantitative estimate of drug-likeness (QED) is 0.108. The molecule has 0 bridgehead atoms. The van der Waals surface area contributed by atoms with Crippen molar-refractivity contribution >= 4 is 88.4 Å². The van der Waals surface area contributed by atoms with Crippen molar-refractivity contribution in [2.45, 2.75) is 24.8 Å². The van der Waals surface area contributed by atoms with E-state index in [0.29, 0.717) is 0 Å². The normalized spacial score (nSPS) is 14.8. The fraction of sp³-hybridized carbons (Fsp3) is 0.0556.